The summed E-state index contributed by atoms with van der Waals surface area (Å²) in [7, 11) is 0. The third-order valence-electron chi connectivity index (χ3n) is 3.96. The van der Waals surface area contributed by atoms with Crippen LogP contribution in [0.25, 0.3) is 0 Å². The predicted molar refractivity (Wildman–Crippen MR) is 68.6 cm³/mol. The lowest BCUT2D eigenvalue weighted by Crippen LogP contribution is -2.51. The Morgan fingerprint density at radius 3 is 2.65 bits per heavy atom. The summed E-state index contributed by atoms with van der Waals surface area (Å²) in [6.07, 6.45) is 4.89. The number of nitrogens with two attached hydrogens (primary N) is 1. The first-order valence-corrected chi connectivity index (χ1v) is 6.87. The van der Waals surface area contributed by atoms with E-state index in [0.29, 0.717) is 18.0 Å². The number of rotatable bonds is 6. The van der Waals surface area contributed by atoms with Crippen LogP contribution in [0.5, 0.6) is 0 Å². The highest BCUT2D eigenvalue weighted by molar-refractivity contribution is 5.80. The minimum absolute atomic E-state index is 0.165. The van der Waals surface area contributed by atoms with Crippen LogP contribution in [0.2, 0.25) is 0 Å². The first kappa shape index (κ1) is 12.8. The molecular weight excluding hydrogens is 214 g/mol. The number of hydrogen-bond donors (Lipinski definition) is 2. The summed E-state index contributed by atoms with van der Waals surface area (Å²) in [5.41, 5.74) is 5.48. The fraction of sp³-hybridized carbons (Fsp3) is 0.923. The molecule has 4 nitrogen and oxygen atoms in total. The van der Waals surface area contributed by atoms with E-state index in [4.69, 9.17) is 5.73 Å². The Morgan fingerprint density at radius 1 is 1.41 bits per heavy atom. The molecule has 2 aliphatic rings. The maximum Gasteiger partial charge on any atom is 0.235 e. The molecule has 2 fully saturated rings. The fourth-order valence-electron chi connectivity index (χ4n) is 2.83. The predicted octanol–water partition coefficient (Wildman–Crippen LogP) is 0.713. The normalized spacial score (nSPS) is 27.6. The molecule has 1 aliphatic heterocycles. The van der Waals surface area contributed by atoms with Crippen LogP contribution in [0, 0.1) is 5.92 Å². The fourth-order valence-corrected chi connectivity index (χ4v) is 2.83. The molecule has 1 saturated heterocycles. The zero-order valence-corrected chi connectivity index (χ0v) is 11.0. The quantitative estimate of drug-likeness (QED) is 0.718. The van der Waals surface area contributed by atoms with Gasteiger partial charge >= 0.3 is 0 Å². The second-order valence-corrected chi connectivity index (χ2v) is 5.84. The summed E-state index contributed by atoms with van der Waals surface area (Å²) in [6, 6.07) is 0.993. The lowest BCUT2D eigenvalue weighted by atomic mass is 10.0. The molecule has 0 aromatic heterocycles. The molecule has 4 heteroatoms. The topological polar surface area (TPSA) is 58.4 Å². The monoisotopic (exact) mass is 239 g/mol. The average Bonchev–Trinajstić information content (AvgIpc) is 2.93. The van der Waals surface area contributed by atoms with Gasteiger partial charge < -0.3 is 11.1 Å². The molecule has 17 heavy (non-hydrogen) atoms. The van der Waals surface area contributed by atoms with Gasteiger partial charge in [0.1, 0.15) is 0 Å². The van der Waals surface area contributed by atoms with E-state index in [1.807, 2.05) is 0 Å². The lowest BCUT2D eigenvalue weighted by Gasteiger charge is -2.30. The molecular formula is C13H25N3O. The molecule has 0 aromatic rings. The Kier molecular flexibility index (Phi) is 4.05. The van der Waals surface area contributed by atoms with Crippen molar-refractivity contribution in [2.24, 2.45) is 11.7 Å². The van der Waals surface area contributed by atoms with Crippen LogP contribution in [0.4, 0.5) is 0 Å². The third-order valence-corrected chi connectivity index (χ3v) is 3.96. The number of nitrogens with zero attached hydrogens (tertiary/aromatic N) is 1. The number of primary amides is 1. The van der Waals surface area contributed by atoms with Crippen LogP contribution in [-0.2, 0) is 4.79 Å². The van der Waals surface area contributed by atoms with E-state index in [2.05, 4.69) is 24.1 Å². The molecule has 2 rings (SSSR count). The minimum atomic E-state index is -0.202. The SMILES string of the molecule is CC(C)C1CCCN1CC(NC1CC1)C(N)=O. The van der Waals surface area contributed by atoms with Gasteiger partial charge in [-0.1, -0.05) is 13.8 Å². The van der Waals surface area contributed by atoms with Gasteiger partial charge in [-0.15, -0.1) is 0 Å². The number of hydrogen-bond acceptors (Lipinski definition) is 3. The molecule has 1 heterocycles. The van der Waals surface area contributed by atoms with Crippen molar-refractivity contribution in [2.45, 2.75) is 57.7 Å². The van der Waals surface area contributed by atoms with Crippen molar-refractivity contribution >= 4 is 5.91 Å². The Labute approximate surface area is 104 Å². The van der Waals surface area contributed by atoms with Crippen LogP contribution in [0.1, 0.15) is 39.5 Å². The van der Waals surface area contributed by atoms with E-state index in [1.165, 1.54) is 25.7 Å². The molecule has 0 spiro atoms. The van der Waals surface area contributed by atoms with Crippen molar-refractivity contribution < 1.29 is 4.79 Å². The Hall–Kier alpha value is -0.610. The molecule has 2 atom stereocenters. The third kappa shape index (κ3) is 3.42. The van der Waals surface area contributed by atoms with Crippen LogP contribution < -0.4 is 11.1 Å². The van der Waals surface area contributed by atoms with E-state index < -0.39 is 0 Å². The standard InChI is InChI=1S/C13H25N3O/c1-9(2)12-4-3-7-16(12)8-11(13(14)17)15-10-5-6-10/h9-12,15H,3-8H2,1-2H3,(H2,14,17). The van der Waals surface area contributed by atoms with Gasteiger partial charge in [0.15, 0.2) is 0 Å². The first-order valence-electron chi connectivity index (χ1n) is 6.87. The molecule has 1 amide bonds. The van der Waals surface area contributed by atoms with Crippen molar-refractivity contribution in [1.29, 1.82) is 0 Å². The second-order valence-electron chi connectivity index (χ2n) is 5.84. The number of carbonyl (C=O) groups is 1. The molecule has 2 unspecified atom stereocenters. The highest BCUT2D eigenvalue weighted by atomic mass is 16.1. The van der Waals surface area contributed by atoms with Crippen molar-refractivity contribution in [3.63, 3.8) is 0 Å². The van der Waals surface area contributed by atoms with E-state index in [1.54, 1.807) is 0 Å². The second kappa shape index (κ2) is 5.36. The van der Waals surface area contributed by atoms with E-state index >= 15 is 0 Å². The number of likely N-dealkylation sites (tertiary alicyclic amines) is 1. The Morgan fingerprint density at radius 2 is 2.12 bits per heavy atom. The van der Waals surface area contributed by atoms with Crippen molar-refractivity contribution in [3.05, 3.63) is 0 Å². The van der Waals surface area contributed by atoms with Crippen molar-refractivity contribution in [3.8, 4) is 0 Å². The Bertz CT molecular complexity index is 276. The van der Waals surface area contributed by atoms with Gasteiger partial charge in [-0.05, 0) is 38.1 Å². The zero-order valence-electron chi connectivity index (χ0n) is 11.0. The number of carbonyl (C=O) groups excluding carboxylic acids is 1. The summed E-state index contributed by atoms with van der Waals surface area (Å²) < 4.78 is 0. The zero-order chi connectivity index (χ0) is 12.4. The van der Waals surface area contributed by atoms with Gasteiger partial charge in [-0.3, -0.25) is 9.69 Å². The Balaban J connectivity index is 1.89. The first-order chi connectivity index (χ1) is 8.08. The minimum Gasteiger partial charge on any atom is -0.368 e. The number of amides is 1. The van der Waals surface area contributed by atoms with Gasteiger partial charge in [-0.25, -0.2) is 0 Å². The van der Waals surface area contributed by atoms with Gasteiger partial charge in [0.2, 0.25) is 5.91 Å². The highest BCUT2D eigenvalue weighted by Crippen LogP contribution is 2.24. The van der Waals surface area contributed by atoms with Gasteiger partial charge in [0, 0.05) is 18.6 Å². The molecule has 1 aliphatic carbocycles. The highest BCUT2D eigenvalue weighted by Gasteiger charge is 2.33. The molecule has 0 aromatic carbocycles. The van der Waals surface area contributed by atoms with Crippen molar-refractivity contribution in [2.75, 3.05) is 13.1 Å². The summed E-state index contributed by atoms with van der Waals surface area (Å²) >= 11 is 0. The maximum absolute atomic E-state index is 11.5. The van der Waals surface area contributed by atoms with Gasteiger partial charge in [0.05, 0.1) is 6.04 Å². The molecule has 0 radical (unpaired) electrons. The maximum atomic E-state index is 11.5. The molecule has 1 saturated carbocycles. The summed E-state index contributed by atoms with van der Waals surface area (Å²) in [6.45, 7) is 6.42. The van der Waals surface area contributed by atoms with Gasteiger partial charge in [0.25, 0.3) is 0 Å². The molecule has 98 valence electrons. The van der Waals surface area contributed by atoms with Crippen LogP contribution in [0.3, 0.4) is 0 Å². The largest absolute Gasteiger partial charge is 0.368 e. The average molecular weight is 239 g/mol. The van der Waals surface area contributed by atoms with Crippen molar-refractivity contribution in [1.82, 2.24) is 10.2 Å². The summed E-state index contributed by atoms with van der Waals surface area (Å²) in [5.74, 6) is 0.457. The van der Waals surface area contributed by atoms with E-state index in [-0.39, 0.29) is 11.9 Å². The van der Waals surface area contributed by atoms with Crippen LogP contribution >= 0.6 is 0 Å². The van der Waals surface area contributed by atoms with E-state index in [0.717, 1.165) is 13.1 Å². The summed E-state index contributed by atoms with van der Waals surface area (Å²) in [4.78, 5) is 13.9. The lowest BCUT2D eigenvalue weighted by molar-refractivity contribution is -0.120. The smallest absolute Gasteiger partial charge is 0.235 e. The summed E-state index contributed by atoms with van der Waals surface area (Å²) in [5, 5.41) is 3.36. The van der Waals surface area contributed by atoms with Gasteiger partial charge in [-0.2, -0.15) is 0 Å². The van der Waals surface area contributed by atoms with Crippen LogP contribution in [-0.4, -0.2) is 42.0 Å². The molecule has 0 bridgehead atoms. The van der Waals surface area contributed by atoms with Crippen LogP contribution in [0.15, 0.2) is 0 Å². The molecule has 3 N–H and O–H groups in total. The van der Waals surface area contributed by atoms with E-state index in [9.17, 15) is 4.79 Å². The number of nitrogens with one attached hydrogen (secondary N) is 1.